The molecule has 0 aromatic carbocycles. The smallest absolute Gasteiger partial charge is 0.130 e. The van der Waals surface area contributed by atoms with Gasteiger partial charge in [0.2, 0.25) is 0 Å². The van der Waals surface area contributed by atoms with E-state index in [-0.39, 0.29) is 6.10 Å². The van der Waals surface area contributed by atoms with Crippen molar-refractivity contribution in [2.24, 2.45) is 5.16 Å². The van der Waals surface area contributed by atoms with Gasteiger partial charge < -0.3 is 14.5 Å². The number of hydrogen-bond donors (Lipinski definition) is 0. The molecule has 5 nitrogen and oxygen atoms in total. The van der Waals surface area contributed by atoms with Crippen molar-refractivity contribution >= 4 is 21.6 Å². The zero-order valence-electron chi connectivity index (χ0n) is 13.3. The van der Waals surface area contributed by atoms with Gasteiger partial charge in [0.25, 0.3) is 0 Å². The quantitative estimate of drug-likeness (QED) is 0.803. The number of nitrogens with zero attached hydrogens (tertiary/aromatic N) is 3. The van der Waals surface area contributed by atoms with Crippen LogP contribution >= 0.6 is 15.9 Å². The normalized spacial score (nSPS) is 22.1. The van der Waals surface area contributed by atoms with Gasteiger partial charge in [0.05, 0.1) is 12.3 Å². The molecule has 2 aliphatic rings. The van der Waals surface area contributed by atoms with Crippen molar-refractivity contribution in [2.75, 3.05) is 32.8 Å². The summed E-state index contributed by atoms with van der Waals surface area (Å²) in [7, 11) is 0. The third-order valence-corrected chi connectivity index (χ3v) is 4.08. The van der Waals surface area contributed by atoms with Gasteiger partial charge >= 0.3 is 0 Å². The summed E-state index contributed by atoms with van der Waals surface area (Å²) in [6, 6.07) is 3.89. The van der Waals surface area contributed by atoms with Crippen LogP contribution in [0, 0.1) is 0 Å². The first-order valence-corrected chi connectivity index (χ1v) is 8.63. The first-order chi connectivity index (χ1) is 10.7. The topological polar surface area (TPSA) is 47.0 Å². The summed E-state index contributed by atoms with van der Waals surface area (Å²) in [5.74, 6) is 0. The minimum absolute atomic E-state index is 0.181. The first kappa shape index (κ1) is 17.4. The predicted molar refractivity (Wildman–Crippen MR) is 91.2 cm³/mol. The van der Waals surface area contributed by atoms with E-state index in [2.05, 4.69) is 37.9 Å². The average molecular weight is 370 g/mol. The molecular formula is C16H24BrN3O2. The number of pyridine rings is 1. The van der Waals surface area contributed by atoms with Crippen LogP contribution in [0.4, 0.5) is 0 Å². The zero-order valence-corrected chi connectivity index (χ0v) is 14.9. The number of aromatic nitrogens is 1. The Labute approximate surface area is 140 Å². The Morgan fingerprint density at radius 3 is 2.82 bits per heavy atom. The Kier molecular flexibility index (Phi) is 7.29. The molecule has 0 amide bonds. The van der Waals surface area contributed by atoms with Crippen molar-refractivity contribution in [3.8, 4) is 0 Å². The van der Waals surface area contributed by atoms with Crippen LogP contribution in [0.3, 0.4) is 0 Å². The minimum atomic E-state index is 0.181. The van der Waals surface area contributed by atoms with Crippen LogP contribution in [0.25, 0.3) is 0 Å². The van der Waals surface area contributed by atoms with Gasteiger partial charge in [-0.3, -0.25) is 4.98 Å². The Balaban J connectivity index is 0.000000172. The highest BCUT2D eigenvalue weighted by molar-refractivity contribution is 9.10. The van der Waals surface area contributed by atoms with Crippen molar-refractivity contribution in [3.05, 3.63) is 28.5 Å². The van der Waals surface area contributed by atoms with E-state index in [4.69, 9.17) is 9.57 Å². The maximum atomic E-state index is 5.28. The van der Waals surface area contributed by atoms with Crippen LogP contribution < -0.4 is 0 Å². The SMILES string of the molecule is CC1CC(c2ccc(Br)cn2)=NO1.CCN1CCCOCC1. The highest BCUT2D eigenvalue weighted by Crippen LogP contribution is 2.16. The van der Waals surface area contributed by atoms with Crippen molar-refractivity contribution in [1.29, 1.82) is 0 Å². The Morgan fingerprint density at radius 1 is 1.32 bits per heavy atom. The van der Waals surface area contributed by atoms with E-state index >= 15 is 0 Å². The fourth-order valence-corrected chi connectivity index (χ4v) is 2.55. The fourth-order valence-electron chi connectivity index (χ4n) is 2.31. The lowest BCUT2D eigenvalue weighted by molar-refractivity contribution is 0.0995. The van der Waals surface area contributed by atoms with Gasteiger partial charge in [-0.15, -0.1) is 0 Å². The fraction of sp³-hybridized carbons (Fsp3) is 0.625. The highest BCUT2D eigenvalue weighted by Gasteiger charge is 2.18. The van der Waals surface area contributed by atoms with Crippen molar-refractivity contribution in [3.63, 3.8) is 0 Å². The van der Waals surface area contributed by atoms with Gasteiger partial charge in [0.1, 0.15) is 11.8 Å². The Hall–Kier alpha value is -0.980. The maximum Gasteiger partial charge on any atom is 0.130 e. The standard InChI is InChI=1S/C9H9BrN2O.C7H15NO/c1-6-4-9(12-13-6)8-3-2-7(10)5-11-8;1-2-8-4-3-6-9-7-5-8/h2-3,5-6H,4H2,1H3;2-7H2,1H3. The van der Waals surface area contributed by atoms with Gasteiger partial charge in [0, 0.05) is 36.8 Å². The van der Waals surface area contributed by atoms with Gasteiger partial charge in [0.15, 0.2) is 0 Å². The summed E-state index contributed by atoms with van der Waals surface area (Å²) < 4.78 is 6.26. The van der Waals surface area contributed by atoms with E-state index in [1.807, 2.05) is 19.1 Å². The molecule has 0 radical (unpaired) electrons. The molecule has 1 saturated heterocycles. The second-order valence-electron chi connectivity index (χ2n) is 5.42. The number of ether oxygens (including phenoxy) is 1. The molecule has 1 fully saturated rings. The molecule has 0 N–H and O–H groups in total. The van der Waals surface area contributed by atoms with E-state index in [0.29, 0.717) is 0 Å². The molecule has 1 atom stereocenters. The predicted octanol–water partition coefficient (Wildman–Crippen LogP) is 3.09. The van der Waals surface area contributed by atoms with Crippen LogP contribution in [-0.2, 0) is 9.57 Å². The summed E-state index contributed by atoms with van der Waals surface area (Å²) in [5, 5.41) is 3.96. The molecule has 6 heteroatoms. The summed E-state index contributed by atoms with van der Waals surface area (Å²) in [4.78, 5) is 11.7. The van der Waals surface area contributed by atoms with Crippen molar-refractivity contribution in [2.45, 2.75) is 32.8 Å². The summed E-state index contributed by atoms with van der Waals surface area (Å²) in [5.41, 5.74) is 1.83. The monoisotopic (exact) mass is 369 g/mol. The average Bonchev–Trinajstić information content (AvgIpc) is 2.81. The molecule has 22 heavy (non-hydrogen) atoms. The second kappa shape index (κ2) is 9.22. The Bertz CT molecular complexity index is 471. The lowest BCUT2D eigenvalue weighted by atomic mass is 10.1. The van der Waals surface area contributed by atoms with Gasteiger partial charge in [-0.2, -0.15) is 0 Å². The molecule has 1 aromatic rings. The van der Waals surface area contributed by atoms with Crippen LogP contribution in [-0.4, -0.2) is 54.5 Å². The lowest BCUT2D eigenvalue weighted by Gasteiger charge is -2.14. The molecule has 2 aliphatic heterocycles. The molecule has 0 saturated carbocycles. The molecule has 3 heterocycles. The lowest BCUT2D eigenvalue weighted by Crippen LogP contribution is -2.25. The number of oxime groups is 1. The van der Waals surface area contributed by atoms with Crippen molar-refractivity contribution < 1.29 is 9.57 Å². The second-order valence-corrected chi connectivity index (χ2v) is 6.34. The number of hydrogen-bond acceptors (Lipinski definition) is 5. The largest absolute Gasteiger partial charge is 0.392 e. The van der Waals surface area contributed by atoms with Gasteiger partial charge in [-0.05, 0) is 48.0 Å². The molecule has 0 bridgehead atoms. The third kappa shape index (κ3) is 5.66. The maximum absolute atomic E-state index is 5.28. The van der Waals surface area contributed by atoms with E-state index in [0.717, 1.165) is 42.1 Å². The van der Waals surface area contributed by atoms with Crippen LogP contribution in [0.15, 0.2) is 28.0 Å². The molecule has 1 aromatic heterocycles. The van der Waals surface area contributed by atoms with Crippen LogP contribution in [0.5, 0.6) is 0 Å². The third-order valence-electron chi connectivity index (χ3n) is 3.61. The molecular weight excluding hydrogens is 346 g/mol. The number of rotatable bonds is 2. The minimum Gasteiger partial charge on any atom is -0.392 e. The zero-order chi connectivity index (χ0) is 15.8. The molecule has 0 aliphatic carbocycles. The molecule has 3 rings (SSSR count). The summed E-state index contributed by atoms with van der Waals surface area (Å²) >= 11 is 3.33. The number of halogens is 1. The number of likely N-dealkylation sites (N-methyl/N-ethyl adjacent to an activating group) is 1. The van der Waals surface area contributed by atoms with Crippen molar-refractivity contribution in [1.82, 2.24) is 9.88 Å². The van der Waals surface area contributed by atoms with E-state index in [1.165, 1.54) is 19.5 Å². The first-order valence-electron chi connectivity index (χ1n) is 7.83. The van der Waals surface area contributed by atoms with Crippen LogP contribution in [0.2, 0.25) is 0 Å². The van der Waals surface area contributed by atoms with E-state index in [1.54, 1.807) is 6.20 Å². The van der Waals surface area contributed by atoms with Gasteiger partial charge in [-0.1, -0.05) is 12.1 Å². The summed E-state index contributed by atoms with van der Waals surface area (Å²) in [6.45, 7) is 9.58. The molecule has 0 spiro atoms. The molecule has 122 valence electrons. The highest BCUT2D eigenvalue weighted by atomic mass is 79.9. The van der Waals surface area contributed by atoms with E-state index < -0.39 is 0 Å². The molecule has 1 unspecified atom stereocenters. The Morgan fingerprint density at radius 2 is 2.18 bits per heavy atom. The van der Waals surface area contributed by atoms with Gasteiger partial charge in [-0.25, -0.2) is 0 Å². The summed E-state index contributed by atoms with van der Waals surface area (Å²) in [6.07, 6.45) is 3.99. The van der Waals surface area contributed by atoms with E-state index in [9.17, 15) is 0 Å². The van der Waals surface area contributed by atoms with Crippen LogP contribution in [0.1, 0.15) is 32.4 Å².